The third-order valence-electron chi connectivity index (χ3n) is 10.5. The van der Waals surface area contributed by atoms with Crippen molar-refractivity contribution in [2.75, 3.05) is 9.80 Å². The van der Waals surface area contributed by atoms with Crippen LogP contribution in [0.1, 0.15) is 0 Å². The van der Waals surface area contributed by atoms with Crippen LogP contribution in [0, 0.1) is 0 Å². The Labute approximate surface area is 315 Å². The molecule has 0 aromatic heterocycles. The smallest absolute Gasteiger partial charge is 0.0473 e. The van der Waals surface area contributed by atoms with Gasteiger partial charge in [0, 0.05) is 34.1 Å². The van der Waals surface area contributed by atoms with E-state index in [0.29, 0.717) is 0 Å². The molecule has 0 aliphatic rings. The zero-order valence-electron chi connectivity index (χ0n) is 29.7. The average Bonchev–Trinajstić information content (AvgIpc) is 3.25. The molecule has 10 aromatic rings. The Hall–Kier alpha value is -7.16. The summed E-state index contributed by atoms with van der Waals surface area (Å²) in [4.78, 5) is 4.73. The predicted molar refractivity (Wildman–Crippen MR) is 230 cm³/mol. The van der Waals surface area contributed by atoms with Gasteiger partial charge in [-0.2, -0.15) is 0 Å². The lowest BCUT2D eigenvalue weighted by Gasteiger charge is -2.28. The van der Waals surface area contributed by atoms with E-state index in [1.54, 1.807) is 0 Å². The summed E-state index contributed by atoms with van der Waals surface area (Å²) in [5.41, 5.74) is 11.6. The molecule has 0 aliphatic carbocycles. The molecule has 0 radical (unpaired) electrons. The maximum absolute atomic E-state index is 2.36. The van der Waals surface area contributed by atoms with Gasteiger partial charge in [0.25, 0.3) is 0 Å². The van der Waals surface area contributed by atoms with Gasteiger partial charge in [-0.05, 0) is 127 Å². The maximum Gasteiger partial charge on any atom is 0.0473 e. The van der Waals surface area contributed by atoms with Crippen LogP contribution < -0.4 is 9.80 Å². The maximum atomic E-state index is 2.36. The molecule has 0 bridgehead atoms. The Morgan fingerprint density at radius 2 is 0.463 bits per heavy atom. The molecule has 0 spiro atoms. The van der Waals surface area contributed by atoms with E-state index >= 15 is 0 Å². The molecule has 0 atom stereocenters. The molecule has 254 valence electrons. The van der Waals surface area contributed by atoms with Crippen molar-refractivity contribution in [3.8, 4) is 22.3 Å². The van der Waals surface area contributed by atoms with Crippen molar-refractivity contribution < 1.29 is 0 Å². The summed E-state index contributed by atoms with van der Waals surface area (Å²) in [5, 5.41) is 7.51. The van der Waals surface area contributed by atoms with E-state index in [9.17, 15) is 0 Å². The van der Waals surface area contributed by atoms with Gasteiger partial charge in [0.15, 0.2) is 0 Å². The van der Waals surface area contributed by atoms with Crippen molar-refractivity contribution in [2.45, 2.75) is 0 Å². The van der Waals surface area contributed by atoms with Crippen LogP contribution in [0.3, 0.4) is 0 Å². The van der Waals surface area contributed by atoms with Gasteiger partial charge < -0.3 is 9.80 Å². The number of nitrogens with zero attached hydrogens (tertiary/aromatic N) is 2. The highest BCUT2D eigenvalue weighted by Crippen LogP contribution is 2.44. The van der Waals surface area contributed by atoms with Gasteiger partial charge in [-0.3, -0.25) is 0 Å². The Balaban J connectivity index is 1.08. The number of hydrogen-bond acceptors (Lipinski definition) is 2. The Kier molecular flexibility index (Phi) is 7.85. The van der Waals surface area contributed by atoms with Crippen LogP contribution in [0.5, 0.6) is 0 Å². The van der Waals surface area contributed by atoms with Crippen molar-refractivity contribution in [1.29, 1.82) is 0 Å². The fraction of sp³-hybridized carbons (Fsp3) is 0. The lowest BCUT2D eigenvalue weighted by atomic mass is 9.92. The zero-order valence-corrected chi connectivity index (χ0v) is 29.7. The van der Waals surface area contributed by atoms with Gasteiger partial charge in [-0.25, -0.2) is 0 Å². The highest BCUT2D eigenvalue weighted by molar-refractivity contribution is 6.24. The van der Waals surface area contributed by atoms with Gasteiger partial charge in [0.05, 0.1) is 0 Å². The molecule has 2 nitrogen and oxygen atoms in total. The van der Waals surface area contributed by atoms with E-state index < -0.39 is 0 Å². The summed E-state index contributed by atoms with van der Waals surface area (Å²) in [6.07, 6.45) is 0. The average molecular weight is 689 g/mol. The first kappa shape index (κ1) is 31.6. The summed E-state index contributed by atoms with van der Waals surface area (Å²) in [6.45, 7) is 0. The van der Waals surface area contributed by atoms with Crippen LogP contribution in [0.15, 0.2) is 218 Å². The summed E-state index contributed by atoms with van der Waals surface area (Å²) in [7, 11) is 0. The Morgan fingerprint density at radius 3 is 0.778 bits per heavy atom. The Bertz CT molecular complexity index is 2570. The monoisotopic (exact) mass is 688 g/mol. The van der Waals surface area contributed by atoms with Gasteiger partial charge in [0.2, 0.25) is 0 Å². The molecule has 0 aliphatic heterocycles. The highest BCUT2D eigenvalue weighted by atomic mass is 15.1. The van der Waals surface area contributed by atoms with E-state index in [1.165, 1.54) is 54.6 Å². The van der Waals surface area contributed by atoms with Crippen molar-refractivity contribution >= 4 is 66.4 Å². The van der Waals surface area contributed by atoms with Crippen molar-refractivity contribution in [1.82, 2.24) is 0 Å². The predicted octanol–water partition coefficient (Wildman–Crippen LogP) is 14.9. The number of anilines is 6. The van der Waals surface area contributed by atoms with Gasteiger partial charge >= 0.3 is 0 Å². The molecule has 10 aromatic carbocycles. The molecule has 0 fully saturated rings. The fourth-order valence-electron chi connectivity index (χ4n) is 7.98. The van der Waals surface area contributed by atoms with E-state index in [2.05, 4.69) is 228 Å². The summed E-state index contributed by atoms with van der Waals surface area (Å²) in [6, 6.07) is 78.8. The minimum atomic E-state index is 1.12. The molecule has 2 heteroatoms. The number of hydrogen-bond donors (Lipinski definition) is 0. The number of para-hydroxylation sites is 2. The normalized spacial score (nSPS) is 11.3. The highest BCUT2D eigenvalue weighted by Gasteiger charge is 2.19. The topological polar surface area (TPSA) is 6.48 Å². The molecule has 0 unspecified atom stereocenters. The van der Waals surface area contributed by atoms with Crippen molar-refractivity contribution in [2.24, 2.45) is 0 Å². The van der Waals surface area contributed by atoms with E-state index in [1.807, 2.05) is 0 Å². The second-order valence-electron chi connectivity index (χ2n) is 13.8. The first-order valence-corrected chi connectivity index (χ1v) is 18.5. The molecule has 0 heterocycles. The van der Waals surface area contributed by atoms with E-state index in [-0.39, 0.29) is 0 Å². The van der Waals surface area contributed by atoms with Crippen molar-refractivity contribution in [3.05, 3.63) is 218 Å². The molecule has 0 amide bonds. The molecular weight excluding hydrogens is 653 g/mol. The SMILES string of the molecule is c1ccc(-c2ccc(N(c3ccccc3)c3cc4ccc5cc(N(c6ccccc6)c6ccc(-c7ccccc7)cc6)cc6ccc(c3)c4c56)cc2)cc1. The first-order chi connectivity index (χ1) is 26.8. The Morgan fingerprint density at radius 1 is 0.204 bits per heavy atom. The summed E-state index contributed by atoms with van der Waals surface area (Å²) >= 11 is 0. The van der Waals surface area contributed by atoms with Crippen LogP contribution in [-0.4, -0.2) is 0 Å². The zero-order chi connectivity index (χ0) is 35.8. The van der Waals surface area contributed by atoms with E-state index in [4.69, 9.17) is 0 Å². The van der Waals surface area contributed by atoms with Crippen LogP contribution in [-0.2, 0) is 0 Å². The van der Waals surface area contributed by atoms with Crippen LogP contribution >= 0.6 is 0 Å². The molecular formula is C52H36N2. The molecule has 0 saturated heterocycles. The fourth-order valence-corrected chi connectivity index (χ4v) is 7.98. The van der Waals surface area contributed by atoms with Crippen LogP contribution in [0.25, 0.3) is 54.6 Å². The standard InChI is InChI=1S/C52H36N2/c1-5-13-37(14-6-1)39-25-29-47(30-26-39)53(45-17-9-3-10-18-45)49-33-41-21-23-43-35-50(36-44-24-22-42(34-49)51(41)52(43)44)54(46-19-11-4-12-20-46)48-31-27-40(28-32-48)38-15-7-2-8-16-38/h1-36H. The third kappa shape index (κ3) is 5.71. The molecule has 10 rings (SSSR count). The molecule has 0 N–H and O–H groups in total. The second-order valence-corrected chi connectivity index (χ2v) is 13.8. The van der Waals surface area contributed by atoms with Crippen LogP contribution in [0.2, 0.25) is 0 Å². The molecule has 54 heavy (non-hydrogen) atoms. The largest absolute Gasteiger partial charge is 0.310 e. The first-order valence-electron chi connectivity index (χ1n) is 18.5. The number of rotatable bonds is 8. The number of benzene rings is 10. The quantitative estimate of drug-likeness (QED) is 0.147. The second kappa shape index (κ2) is 13.4. The van der Waals surface area contributed by atoms with Gasteiger partial charge in [0.1, 0.15) is 0 Å². The lowest BCUT2D eigenvalue weighted by Crippen LogP contribution is -2.10. The van der Waals surface area contributed by atoms with Gasteiger partial charge in [-0.15, -0.1) is 0 Å². The summed E-state index contributed by atoms with van der Waals surface area (Å²) < 4.78 is 0. The minimum Gasteiger partial charge on any atom is -0.310 e. The van der Waals surface area contributed by atoms with Gasteiger partial charge in [-0.1, -0.05) is 146 Å². The van der Waals surface area contributed by atoms with Crippen LogP contribution in [0.4, 0.5) is 34.1 Å². The van der Waals surface area contributed by atoms with Crippen molar-refractivity contribution in [3.63, 3.8) is 0 Å². The van der Waals surface area contributed by atoms with E-state index in [0.717, 1.165) is 34.1 Å². The lowest BCUT2D eigenvalue weighted by molar-refractivity contribution is 1.29. The minimum absolute atomic E-state index is 1.12. The summed E-state index contributed by atoms with van der Waals surface area (Å²) in [5.74, 6) is 0. The third-order valence-corrected chi connectivity index (χ3v) is 10.5. The molecule has 0 saturated carbocycles.